The lowest BCUT2D eigenvalue weighted by atomic mass is 9.96. The Morgan fingerprint density at radius 2 is 1.91 bits per heavy atom. The van der Waals surface area contributed by atoms with Gasteiger partial charge in [-0.15, -0.1) is 0 Å². The van der Waals surface area contributed by atoms with Crippen LogP contribution in [0.15, 0.2) is 30.6 Å². The van der Waals surface area contributed by atoms with Gasteiger partial charge in [-0.3, -0.25) is 0 Å². The van der Waals surface area contributed by atoms with Crippen molar-refractivity contribution in [2.24, 2.45) is 0 Å². The Labute approximate surface area is 134 Å². The minimum absolute atomic E-state index is 0.153. The van der Waals surface area contributed by atoms with E-state index in [0.29, 0.717) is 5.56 Å². The summed E-state index contributed by atoms with van der Waals surface area (Å²) in [5.41, 5.74) is 0.626. The van der Waals surface area contributed by atoms with Crippen molar-refractivity contribution >= 4 is 5.82 Å². The van der Waals surface area contributed by atoms with E-state index >= 15 is 0 Å². The van der Waals surface area contributed by atoms with E-state index in [4.69, 9.17) is 0 Å². The molecular formula is C16H21FN4O2. The second-order valence-corrected chi connectivity index (χ2v) is 5.54. The lowest BCUT2D eigenvalue weighted by Crippen LogP contribution is -2.86. The zero-order chi connectivity index (χ0) is 16.7. The molecule has 7 heteroatoms. The third kappa shape index (κ3) is 4.85. The maximum Gasteiger partial charge on any atom is 0.166 e. The number of aromatic nitrogens is 2. The van der Waals surface area contributed by atoms with Crippen LogP contribution < -0.4 is 10.3 Å². The van der Waals surface area contributed by atoms with Crippen molar-refractivity contribution in [3.8, 4) is 11.3 Å². The highest BCUT2D eigenvalue weighted by Gasteiger charge is 2.12. The standard InChI is InChI=1S/C9H5FN3O2.C7H15N/c10-7-3-1-6(2-4-7)8-9(13(14)15)12-5-11-8;1-8-7-5-3-2-4-6-7/h1-5H;7-8H,2-6H2,1H3/q-1;/p+1. The van der Waals surface area contributed by atoms with E-state index in [-0.39, 0.29) is 11.5 Å². The topological polar surface area (TPSA) is 86.7 Å². The molecule has 3 rings (SSSR count). The van der Waals surface area contributed by atoms with Gasteiger partial charge in [-0.2, -0.15) is 0 Å². The summed E-state index contributed by atoms with van der Waals surface area (Å²) in [5.74, 6) is -0.720. The first-order chi connectivity index (χ1) is 11.1. The molecule has 6 nitrogen and oxygen atoms in total. The predicted octanol–water partition coefficient (Wildman–Crippen LogP) is 2.27. The van der Waals surface area contributed by atoms with Crippen LogP contribution in [-0.2, 0) is 0 Å². The van der Waals surface area contributed by atoms with Gasteiger partial charge in [0.25, 0.3) is 0 Å². The first-order valence-electron chi connectivity index (χ1n) is 7.79. The largest absolute Gasteiger partial charge is 0.439 e. The van der Waals surface area contributed by atoms with Crippen LogP contribution in [0.3, 0.4) is 0 Å². The molecule has 0 saturated heterocycles. The molecule has 0 spiro atoms. The Hall–Kier alpha value is -2.28. The van der Waals surface area contributed by atoms with E-state index in [0.717, 1.165) is 12.4 Å². The smallest absolute Gasteiger partial charge is 0.166 e. The van der Waals surface area contributed by atoms with Crippen molar-refractivity contribution in [2.45, 2.75) is 38.1 Å². The molecule has 124 valence electrons. The molecule has 0 atom stereocenters. The maximum atomic E-state index is 12.6. The average Bonchev–Trinajstić information content (AvgIpc) is 3.07. The second kappa shape index (κ2) is 8.38. The number of hydrogen-bond acceptors (Lipinski definition) is 3. The fourth-order valence-corrected chi connectivity index (χ4v) is 2.67. The van der Waals surface area contributed by atoms with Crippen LogP contribution in [0.2, 0.25) is 0 Å². The molecule has 1 aromatic heterocycles. The number of rotatable bonds is 3. The summed E-state index contributed by atoms with van der Waals surface area (Å²) in [7, 11) is 2.19. The fraction of sp³-hybridized carbons (Fsp3) is 0.438. The summed E-state index contributed by atoms with van der Waals surface area (Å²) in [4.78, 5) is 17.2. The van der Waals surface area contributed by atoms with Gasteiger partial charge < -0.3 is 25.4 Å². The molecule has 0 aliphatic heterocycles. The molecule has 23 heavy (non-hydrogen) atoms. The molecular weight excluding hydrogens is 299 g/mol. The van der Waals surface area contributed by atoms with Gasteiger partial charge >= 0.3 is 0 Å². The number of benzene rings is 1. The molecule has 1 aliphatic carbocycles. The Balaban J connectivity index is 0.000000203. The maximum absolute atomic E-state index is 12.6. The summed E-state index contributed by atoms with van der Waals surface area (Å²) in [5, 5.41) is 12.9. The summed E-state index contributed by atoms with van der Waals surface area (Å²) < 4.78 is 12.6. The first-order valence-corrected chi connectivity index (χ1v) is 7.79. The van der Waals surface area contributed by atoms with Crippen LogP contribution in [0, 0.1) is 15.9 Å². The highest BCUT2D eigenvalue weighted by molar-refractivity contribution is 5.66. The third-order valence-corrected chi connectivity index (χ3v) is 3.99. The molecule has 0 radical (unpaired) electrons. The van der Waals surface area contributed by atoms with Crippen LogP contribution in [0.5, 0.6) is 0 Å². The van der Waals surface area contributed by atoms with E-state index in [9.17, 15) is 14.5 Å². The van der Waals surface area contributed by atoms with Crippen LogP contribution in [-0.4, -0.2) is 23.0 Å². The predicted molar refractivity (Wildman–Crippen MR) is 84.3 cm³/mol. The van der Waals surface area contributed by atoms with Gasteiger partial charge in [0.1, 0.15) is 5.82 Å². The number of hydrogen-bond donors (Lipinski definition) is 1. The van der Waals surface area contributed by atoms with Gasteiger partial charge in [-0.25, -0.2) is 4.39 Å². The van der Waals surface area contributed by atoms with Crippen LogP contribution in [0.25, 0.3) is 11.3 Å². The highest BCUT2D eigenvalue weighted by atomic mass is 19.1. The van der Waals surface area contributed by atoms with Crippen LogP contribution in [0.1, 0.15) is 32.1 Å². The average molecular weight is 320 g/mol. The Bertz CT molecular complexity index is 621. The molecule has 0 unspecified atom stereocenters. The highest BCUT2D eigenvalue weighted by Crippen LogP contribution is 2.24. The van der Waals surface area contributed by atoms with E-state index in [1.807, 2.05) is 0 Å². The Kier molecular flexibility index (Phi) is 6.22. The summed E-state index contributed by atoms with van der Waals surface area (Å²) >= 11 is 0. The van der Waals surface area contributed by atoms with Crippen molar-refractivity contribution in [1.29, 1.82) is 0 Å². The molecule has 1 aliphatic rings. The number of halogens is 1. The van der Waals surface area contributed by atoms with Crippen molar-refractivity contribution in [3.05, 3.63) is 46.5 Å². The zero-order valence-corrected chi connectivity index (χ0v) is 13.1. The van der Waals surface area contributed by atoms with E-state index in [1.165, 1.54) is 56.4 Å². The number of nitrogens with zero attached hydrogens (tertiary/aromatic N) is 3. The SMILES string of the molecule is C[NH2+]C1CCCCC1.O=[N+]([O-])c1nc[n-]c1-c1ccc(F)cc1. The first kappa shape index (κ1) is 17.1. The molecule has 1 fully saturated rings. The number of quaternary nitrogens is 1. The Morgan fingerprint density at radius 1 is 1.26 bits per heavy atom. The molecule has 2 N–H and O–H groups in total. The minimum Gasteiger partial charge on any atom is -0.439 e. The van der Waals surface area contributed by atoms with Crippen molar-refractivity contribution in [2.75, 3.05) is 7.05 Å². The summed E-state index contributed by atoms with van der Waals surface area (Å²) in [6.45, 7) is 0. The number of nitro groups is 1. The van der Waals surface area contributed by atoms with Crippen LogP contribution >= 0.6 is 0 Å². The molecule has 1 aromatic carbocycles. The van der Waals surface area contributed by atoms with Gasteiger partial charge in [-0.05, 0) is 43.4 Å². The lowest BCUT2D eigenvalue weighted by molar-refractivity contribution is -0.666. The monoisotopic (exact) mass is 320 g/mol. The van der Waals surface area contributed by atoms with Crippen molar-refractivity contribution in [3.63, 3.8) is 0 Å². The fourth-order valence-electron chi connectivity index (χ4n) is 2.67. The molecule has 1 heterocycles. The molecule has 0 amide bonds. The second-order valence-electron chi connectivity index (χ2n) is 5.54. The van der Waals surface area contributed by atoms with Gasteiger partial charge in [0.2, 0.25) is 0 Å². The third-order valence-electron chi connectivity index (χ3n) is 3.99. The number of nitrogens with two attached hydrogens (primary N) is 1. The van der Waals surface area contributed by atoms with Crippen molar-refractivity contribution < 1.29 is 14.6 Å². The van der Waals surface area contributed by atoms with E-state index in [2.05, 4.69) is 22.3 Å². The quantitative estimate of drug-likeness (QED) is 0.694. The van der Waals surface area contributed by atoms with Crippen LogP contribution in [0.4, 0.5) is 10.2 Å². The normalized spacial score (nSPS) is 14.9. The lowest BCUT2D eigenvalue weighted by Gasteiger charge is -2.17. The van der Waals surface area contributed by atoms with Gasteiger partial charge in [0, 0.05) is 5.69 Å². The minimum atomic E-state index is -0.619. The van der Waals surface area contributed by atoms with E-state index in [1.54, 1.807) is 0 Å². The van der Waals surface area contributed by atoms with Crippen molar-refractivity contribution in [1.82, 2.24) is 9.97 Å². The van der Waals surface area contributed by atoms with Gasteiger partial charge in [-0.1, -0.05) is 29.8 Å². The molecule has 0 bridgehead atoms. The number of imidazole rings is 1. The van der Waals surface area contributed by atoms with Gasteiger partial charge in [0.15, 0.2) is 5.82 Å². The molecule has 1 saturated carbocycles. The van der Waals surface area contributed by atoms with E-state index < -0.39 is 10.7 Å². The molecule has 2 aromatic rings. The Morgan fingerprint density at radius 3 is 2.43 bits per heavy atom. The summed E-state index contributed by atoms with van der Waals surface area (Å²) in [6, 6.07) is 6.24. The summed E-state index contributed by atoms with van der Waals surface area (Å²) in [6.07, 6.45) is 8.43. The van der Waals surface area contributed by atoms with Gasteiger partial charge in [0.05, 0.1) is 13.1 Å². The zero-order valence-electron chi connectivity index (χ0n) is 13.1.